The van der Waals surface area contributed by atoms with Crippen molar-refractivity contribution in [3.05, 3.63) is 29.8 Å². The van der Waals surface area contributed by atoms with Crippen molar-refractivity contribution in [3.63, 3.8) is 0 Å². The maximum atomic E-state index is 11.7. The Morgan fingerprint density at radius 2 is 2.00 bits per heavy atom. The number of nitrogens with two attached hydrogens (primary N) is 1. The van der Waals surface area contributed by atoms with Crippen molar-refractivity contribution >= 4 is 11.7 Å². The maximum absolute atomic E-state index is 11.7. The topological polar surface area (TPSA) is 96.9 Å². The van der Waals surface area contributed by atoms with Crippen LogP contribution in [0.4, 0.5) is 0 Å². The molecule has 1 amide bonds. The lowest BCUT2D eigenvalue weighted by molar-refractivity contribution is -0.121. The fourth-order valence-corrected chi connectivity index (χ4v) is 1.85. The molecule has 0 fully saturated rings. The second-order valence-electron chi connectivity index (χ2n) is 4.75. The molecule has 0 radical (unpaired) electrons. The van der Waals surface area contributed by atoms with E-state index in [1.807, 2.05) is 24.3 Å². The van der Waals surface area contributed by atoms with Gasteiger partial charge in [0.1, 0.15) is 11.6 Å². The summed E-state index contributed by atoms with van der Waals surface area (Å²) in [5, 5.41) is 14.1. The van der Waals surface area contributed by atoms with Crippen LogP contribution in [0.1, 0.15) is 31.2 Å². The summed E-state index contributed by atoms with van der Waals surface area (Å²) < 4.78 is 5.08. The van der Waals surface area contributed by atoms with Crippen molar-refractivity contribution in [1.82, 2.24) is 5.32 Å². The molecule has 0 saturated carbocycles. The zero-order valence-corrected chi connectivity index (χ0v) is 12.3. The van der Waals surface area contributed by atoms with E-state index >= 15 is 0 Å². The Labute approximate surface area is 125 Å². The van der Waals surface area contributed by atoms with Crippen molar-refractivity contribution < 1.29 is 14.7 Å². The lowest BCUT2D eigenvalue weighted by Crippen LogP contribution is -2.25. The number of ether oxygens (including phenoxy) is 1. The predicted octanol–water partition coefficient (Wildman–Crippen LogP) is 1.66. The summed E-state index contributed by atoms with van der Waals surface area (Å²) in [4.78, 5) is 11.7. The van der Waals surface area contributed by atoms with E-state index in [9.17, 15) is 4.79 Å². The number of carbonyl (C=O) groups excluding carboxylic acids is 1. The first-order chi connectivity index (χ1) is 10.2. The number of aryl methyl sites for hydroxylation is 1. The Kier molecular flexibility index (Phi) is 7.71. The van der Waals surface area contributed by atoms with Crippen molar-refractivity contribution in [1.29, 1.82) is 0 Å². The van der Waals surface area contributed by atoms with Crippen LogP contribution in [0.15, 0.2) is 29.4 Å². The van der Waals surface area contributed by atoms with Crippen LogP contribution in [0.3, 0.4) is 0 Å². The van der Waals surface area contributed by atoms with Gasteiger partial charge < -0.3 is 21.0 Å². The molecule has 0 aliphatic rings. The molecule has 1 aromatic carbocycles. The Morgan fingerprint density at radius 1 is 1.29 bits per heavy atom. The molecule has 4 N–H and O–H groups in total. The zero-order valence-electron chi connectivity index (χ0n) is 12.3. The number of methoxy groups -OCH3 is 1. The molecule has 0 spiro atoms. The molecule has 0 bridgehead atoms. The Hall–Kier alpha value is -2.24. The molecule has 0 saturated heterocycles. The summed E-state index contributed by atoms with van der Waals surface area (Å²) in [6.07, 6.45) is 3.31. The first-order valence-electron chi connectivity index (χ1n) is 7.01. The fourth-order valence-electron chi connectivity index (χ4n) is 1.85. The van der Waals surface area contributed by atoms with E-state index in [1.54, 1.807) is 7.11 Å². The first kappa shape index (κ1) is 16.8. The average Bonchev–Trinajstić information content (AvgIpc) is 2.52. The molecule has 21 heavy (non-hydrogen) atoms. The number of hydrogen-bond donors (Lipinski definition) is 3. The number of oxime groups is 1. The van der Waals surface area contributed by atoms with Gasteiger partial charge in [0, 0.05) is 19.4 Å². The molecule has 6 nitrogen and oxygen atoms in total. The van der Waals surface area contributed by atoms with E-state index in [1.165, 1.54) is 0 Å². The lowest BCUT2D eigenvalue weighted by atomic mass is 10.1. The molecule has 1 rings (SSSR count). The minimum Gasteiger partial charge on any atom is -0.497 e. The quantitative estimate of drug-likeness (QED) is 0.212. The third-order valence-electron chi connectivity index (χ3n) is 3.11. The van der Waals surface area contributed by atoms with Gasteiger partial charge in [0.25, 0.3) is 0 Å². The minimum absolute atomic E-state index is 0.0367. The van der Waals surface area contributed by atoms with Crippen LogP contribution in [0, 0.1) is 0 Å². The van der Waals surface area contributed by atoms with Gasteiger partial charge in [0.05, 0.1) is 7.11 Å². The second-order valence-corrected chi connectivity index (χ2v) is 4.75. The largest absolute Gasteiger partial charge is 0.497 e. The first-order valence-corrected chi connectivity index (χ1v) is 7.01. The summed E-state index contributed by atoms with van der Waals surface area (Å²) in [7, 11) is 1.63. The summed E-state index contributed by atoms with van der Waals surface area (Å²) in [5.74, 6) is 1.07. The Bertz CT molecular complexity index is 458. The second kappa shape index (κ2) is 9.63. The highest BCUT2D eigenvalue weighted by molar-refractivity contribution is 5.79. The number of hydrogen-bond acceptors (Lipinski definition) is 4. The zero-order chi connectivity index (χ0) is 15.5. The summed E-state index contributed by atoms with van der Waals surface area (Å²) >= 11 is 0. The highest BCUT2D eigenvalue weighted by atomic mass is 16.5. The number of amides is 1. The third kappa shape index (κ3) is 7.20. The monoisotopic (exact) mass is 293 g/mol. The van der Waals surface area contributed by atoms with E-state index in [0.717, 1.165) is 24.2 Å². The Morgan fingerprint density at radius 3 is 2.62 bits per heavy atom. The van der Waals surface area contributed by atoms with E-state index in [4.69, 9.17) is 15.7 Å². The van der Waals surface area contributed by atoms with Gasteiger partial charge in [-0.15, -0.1) is 0 Å². The van der Waals surface area contributed by atoms with Gasteiger partial charge in [-0.3, -0.25) is 4.79 Å². The third-order valence-corrected chi connectivity index (χ3v) is 3.11. The minimum atomic E-state index is 0.0367. The molecule has 116 valence electrons. The number of nitrogens with zero attached hydrogens (tertiary/aromatic N) is 1. The van der Waals surface area contributed by atoms with E-state index in [2.05, 4.69) is 10.5 Å². The average molecular weight is 293 g/mol. The fraction of sp³-hybridized carbons (Fsp3) is 0.467. The summed E-state index contributed by atoms with van der Waals surface area (Å²) in [6, 6.07) is 7.70. The SMILES string of the molecule is COc1ccc(CCC(=O)NCCCCC(N)=NO)cc1. The van der Waals surface area contributed by atoms with E-state index < -0.39 is 0 Å². The highest BCUT2D eigenvalue weighted by Crippen LogP contribution is 2.12. The molecule has 0 aliphatic carbocycles. The maximum Gasteiger partial charge on any atom is 0.220 e. The molecule has 0 atom stereocenters. The van der Waals surface area contributed by atoms with Crippen molar-refractivity contribution in [2.24, 2.45) is 10.9 Å². The van der Waals surface area contributed by atoms with E-state index in [0.29, 0.717) is 25.8 Å². The number of amidine groups is 1. The van der Waals surface area contributed by atoms with Crippen LogP contribution in [0.25, 0.3) is 0 Å². The number of benzene rings is 1. The summed E-state index contributed by atoms with van der Waals surface area (Å²) in [6.45, 7) is 0.611. The number of nitrogens with one attached hydrogen (secondary N) is 1. The van der Waals surface area contributed by atoms with Gasteiger partial charge >= 0.3 is 0 Å². The van der Waals surface area contributed by atoms with Gasteiger partial charge in [-0.1, -0.05) is 17.3 Å². The van der Waals surface area contributed by atoms with Crippen LogP contribution in [0.2, 0.25) is 0 Å². The van der Waals surface area contributed by atoms with E-state index in [-0.39, 0.29) is 11.7 Å². The van der Waals surface area contributed by atoms with Crippen LogP contribution in [0.5, 0.6) is 5.75 Å². The molecule has 0 aliphatic heterocycles. The molecule has 1 aromatic rings. The summed E-state index contributed by atoms with van der Waals surface area (Å²) in [5.41, 5.74) is 6.46. The molecule has 6 heteroatoms. The van der Waals surface area contributed by atoms with Crippen LogP contribution < -0.4 is 15.8 Å². The molecule has 0 unspecified atom stereocenters. The van der Waals surface area contributed by atoms with Crippen molar-refractivity contribution in [3.8, 4) is 5.75 Å². The number of unbranched alkanes of at least 4 members (excludes halogenated alkanes) is 1. The van der Waals surface area contributed by atoms with Crippen LogP contribution in [-0.2, 0) is 11.2 Å². The van der Waals surface area contributed by atoms with Crippen LogP contribution in [-0.4, -0.2) is 30.6 Å². The molecule has 0 heterocycles. The number of carbonyl (C=O) groups is 1. The molecular weight excluding hydrogens is 270 g/mol. The molecule has 0 aromatic heterocycles. The van der Waals surface area contributed by atoms with Gasteiger partial charge in [-0.2, -0.15) is 0 Å². The highest BCUT2D eigenvalue weighted by Gasteiger charge is 2.02. The van der Waals surface area contributed by atoms with Gasteiger partial charge in [-0.05, 0) is 37.0 Å². The van der Waals surface area contributed by atoms with Gasteiger partial charge in [0.15, 0.2) is 0 Å². The van der Waals surface area contributed by atoms with Crippen molar-refractivity contribution in [2.45, 2.75) is 32.1 Å². The molecular formula is C15H23N3O3. The van der Waals surface area contributed by atoms with Crippen molar-refractivity contribution in [2.75, 3.05) is 13.7 Å². The smallest absolute Gasteiger partial charge is 0.220 e. The number of rotatable bonds is 9. The van der Waals surface area contributed by atoms with Crippen LogP contribution >= 0.6 is 0 Å². The predicted molar refractivity (Wildman–Crippen MR) is 81.6 cm³/mol. The normalized spacial score (nSPS) is 11.2. The van der Waals surface area contributed by atoms with Gasteiger partial charge in [-0.25, -0.2) is 0 Å². The standard InChI is InChI=1S/C15H23N3O3/c1-21-13-8-5-12(6-9-13)7-10-15(19)17-11-3-2-4-14(16)18-20/h5-6,8-9,20H,2-4,7,10-11H2,1H3,(H2,16,18)(H,17,19). The Balaban J connectivity index is 2.13. The lowest BCUT2D eigenvalue weighted by Gasteiger charge is -2.06. The van der Waals surface area contributed by atoms with Gasteiger partial charge in [0.2, 0.25) is 5.91 Å².